The minimum absolute atomic E-state index is 0.0558. The Hall–Kier alpha value is -2.95. The van der Waals surface area contributed by atoms with Crippen molar-refractivity contribution in [2.24, 2.45) is 23.7 Å². The summed E-state index contributed by atoms with van der Waals surface area (Å²) in [5.74, 6) is 0.273. The van der Waals surface area contributed by atoms with Gasteiger partial charge in [-0.3, -0.25) is 14.4 Å². The van der Waals surface area contributed by atoms with Gasteiger partial charge in [0.1, 0.15) is 0 Å². The van der Waals surface area contributed by atoms with Crippen LogP contribution in [-0.4, -0.2) is 17.7 Å². The number of fused-ring (bicyclic) bond motifs is 5. The Kier molecular flexibility index (Phi) is 4.46. The lowest BCUT2D eigenvalue weighted by Gasteiger charge is -2.19. The molecule has 3 aliphatic rings. The normalized spacial score (nSPS) is 27.4. The number of amides is 3. The molecule has 29 heavy (non-hydrogen) atoms. The number of benzene rings is 2. The smallest absolute Gasteiger partial charge is 0.237 e. The van der Waals surface area contributed by atoms with Crippen molar-refractivity contribution in [3.05, 3.63) is 60.2 Å². The Balaban J connectivity index is 1.28. The second-order valence-corrected chi connectivity index (χ2v) is 8.48. The minimum Gasteiger partial charge on any atom is -0.326 e. The Labute approximate surface area is 170 Å². The van der Waals surface area contributed by atoms with Gasteiger partial charge in [-0.25, -0.2) is 4.90 Å². The Morgan fingerprint density at radius 2 is 1.62 bits per heavy atom. The van der Waals surface area contributed by atoms with E-state index in [-0.39, 0.29) is 29.6 Å². The first-order chi connectivity index (χ1) is 14.1. The van der Waals surface area contributed by atoms with E-state index in [0.717, 1.165) is 24.8 Å². The number of hydrogen-bond donors (Lipinski definition) is 1. The molecule has 2 saturated carbocycles. The van der Waals surface area contributed by atoms with Gasteiger partial charge in [-0.05, 0) is 61.3 Å². The van der Waals surface area contributed by atoms with Crippen molar-refractivity contribution in [2.75, 3.05) is 10.2 Å². The maximum absolute atomic E-state index is 13.0. The number of rotatable bonds is 5. The van der Waals surface area contributed by atoms with Crippen molar-refractivity contribution < 1.29 is 14.4 Å². The molecule has 2 aromatic carbocycles. The average Bonchev–Trinajstić information content (AvgIpc) is 3.41. The van der Waals surface area contributed by atoms with Crippen LogP contribution in [0.4, 0.5) is 11.4 Å². The van der Waals surface area contributed by atoms with Crippen LogP contribution in [-0.2, 0) is 20.8 Å². The van der Waals surface area contributed by atoms with Crippen LogP contribution >= 0.6 is 0 Å². The summed E-state index contributed by atoms with van der Waals surface area (Å²) < 4.78 is 0. The molecule has 3 fully saturated rings. The third-order valence-corrected chi connectivity index (χ3v) is 6.80. The maximum Gasteiger partial charge on any atom is 0.237 e. The van der Waals surface area contributed by atoms with E-state index in [1.54, 1.807) is 24.3 Å². The zero-order chi connectivity index (χ0) is 20.0. The van der Waals surface area contributed by atoms with Crippen LogP contribution in [0.25, 0.3) is 0 Å². The van der Waals surface area contributed by atoms with Gasteiger partial charge in [0.15, 0.2) is 0 Å². The summed E-state index contributed by atoms with van der Waals surface area (Å²) in [6, 6.07) is 17.0. The molecule has 5 rings (SSSR count). The monoisotopic (exact) mass is 388 g/mol. The third kappa shape index (κ3) is 3.15. The highest BCUT2D eigenvalue weighted by atomic mass is 16.2. The molecule has 0 aromatic heterocycles. The first-order valence-electron chi connectivity index (χ1n) is 10.4. The SMILES string of the molecule is O=C(CCc1ccccc1)Nc1cccc(N2C(=O)[C@H]3[C@H]4CC[C@@H](C4)[C@@H]3C2=O)c1. The van der Waals surface area contributed by atoms with Crippen molar-refractivity contribution in [1.29, 1.82) is 0 Å². The predicted octanol–water partition coefficient (Wildman–Crippen LogP) is 3.79. The quantitative estimate of drug-likeness (QED) is 0.793. The Bertz CT molecular complexity index is 943. The van der Waals surface area contributed by atoms with Crippen LogP contribution in [0.5, 0.6) is 0 Å². The van der Waals surface area contributed by atoms with Crippen molar-refractivity contribution in [3.63, 3.8) is 0 Å². The number of hydrogen-bond acceptors (Lipinski definition) is 3. The molecule has 1 saturated heterocycles. The molecular weight excluding hydrogens is 364 g/mol. The van der Waals surface area contributed by atoms with Gasteiger partial charge in [0.2, 0.25) is 17.7 Å². The second-order valence-electron chi connectivity index (χ2n) is 8.48. The lowest BCUT2D eigenvalue weighted by atomic mass is 9.81. The lowest BCUT2D eigenvalue weighted by Crippen LogP contribution is -2.32. The van der Waals surface area contributed by atoms with E-state index < -0.39 is 0 Å². The van der Waals surface area contributed by atoms with Gasteiger partial charge in [0.25, 0.3) is 0 Å². The van der Waals surface area contributed by atoms with E-state index in [2.05, 4.69) is 5.32 Å². The van der Waals surface area contributed by atoms with Gasteiger partial charge in [-0.1, -0.05) is 36.4 Å². The topological polar surface area (TPSA) is 66.5 Å². The van der Waals surface area contributed by atoms with E-state index >= 15 is 0 Å². The summed E-state index contributed by atoms with van der Waals surface area (Å²) in [4.78, 5) is 39.7. The fourth-order valence-corrected chi connectivity index (χ4v) is 5.51. The molecule has 1 heterocycles. The number of nitrogens with one attached hydrogen (secondary N) is 1. The van der Waals surface area contributed by atoms with Gasteiger partial charge in [-0.15, -0.1) is 0 Å². The number of carbonyl (C=O) groups excluding carboxylic acids is 3. The molecule has 5 heteroatoms. The number of imide groups is 1. The third-order valence-electron chi connectivity index (χ3n) is 6.80. The van der Waals surface area contributed by atoms with Gasteiger partial charge in [-0.2, -0.15) is 0 Å². The lowest BCUT2D eigenvalue weighted by molar-refractivity contribution is -0.123. The fraction of sp³-hybridized carbons (Fsp3) is 0.375. The number of nitrogens with zero attached hydrogens (tertiary/aromatic N) is 1. The standard InChI is InChI=1S/C24H24N2O3/c27-20(12-9-15-5-2-1-3-6-15)25-18-7-4-8-19(14-18)26-23(28)21-16-10-11-17(13-16)22(21)24(26)29/h1-8,14,16-17,21-22H,9-13H2,(H,25,27)/t16-,17-,21-,22-/m0/s1. The molecule has 1 N–H and O–H groups in total. The highest BCUT2D eigenvalue weighted by Gasteiger charge is 2.61. The fourth-order valence-electron chi connectivity index (χ4n) is 5.51. The number of carbonyl (C=O) groups is 3. The number of anilines is 2. The molecule has 2 aromatic rings. The average molecular weight is 388 g/mol. The van der Waals surface area contributed by atoms with E-state index in [1.165, 1.54) is 4.90 Å². The second kappa shape index (κ2) is 7.14. The van der Waals surface area contributed by atoms with Crippen LogP contribution < -0.4 is 10.2 Å². The summed E-state index contributed by atoms with van der Waals surface area (Å²) in [7, 11) is 0. The summed E-state index contributed by atoms with van der Waals surface area (Å²) in [5.41, 5.74) is 2.29. The van der Waals surface area contributed by atoms with Gasteiger partial charge < -0.3 is 5.32 Å². The first-order valence-corrected chi connectivity index (χ1v) is 10.4. The van der Waals surface area contributed by atoms with Crippen LogP contribution in [0.2, 0.25) is 0 Å². The maximum atomic E-state index is 13.0. The van der Waals surface area contributed by atoms with E-state index in [1.807, 2.05) is 30.3 Å². The zero-order valence-electron chi connectivity index (χ0n) is 16.2. The van der Waals surface area contributed by atoms with Crippen molar-refractivity contribution in [1.82, 2.24) is 0 Å². The van der Waals surface area contributed by atoms with Gasteiger partial charge >= 0.3 is 0 Å². The molecule has 2 bridgehead atoms. The molecule has 0 spiro atoms. The molecular formula is C24H24N2O3. The molecule has 2 aliphatic carbocycles. The highest BCUT2D eigenvalue weighted by Crippen LogP contribution is 2.56. The van der Waals surface area contributed by atoms with Gasteiger partial charge in [0.05, 0.1) is 17.5 Å². The Morgan fingerprint density at radius 1 is 0.931 bits per heavy atom. The van der Waals surface area contributed by atoms with E-state index in [0.29, 0.717) is 36.1 Å². The molecule has 0 radical (unpaired) electrons. The van der Waals surface area contributed by atoms with Crippen molar-refractivity contribution in [2.45, 2.75) is 32.1 Å². The summed E-state index contributed by atoms with van der Waals surface area (Å²) >= 11 is 0. The zero-order valence-corrected chi connectivity index (χ0v) is 16.2. The van der Waals surface area contributed by atoms with Crippen LogP contribution in [0.15, 0.2) is 54.6 Å². The largest absolute Gasteiger partial charge is 0.326 e. The molecule has 148 valence electrons. The van der Waals surface area contributed by atoms with E-state index in [4.69, 9.17) is 0 Å². The van der Waals surface area contributed by atoms with Crippen molar-refractivity contribution in [3.8, 4) is 0 Å². The molecule has 5 nitrogen and oxygen atoms in total. The highest BCUT2D eigenvalue weighted by molar-refractivity contribution is 6.22. The molecule has 3 amide bonds. The van der Waals surface area contributed by atoms with Crippen LogP contribution in [0, 0.1) is 23.7 Å². The first kappa shape index (κ1) is 18.1. The summed E-state index contributed by atoms with van der Waals surface area (Å²) in [6.07, 6.45) is 4.20. The number of aryl methyl sites for hydroxylation is 1. The Morgan fingerprint density at radius 3 is 2.31 bits per heavy atom. The predicted molar refractivity (Wildman–Crippen MR) is 110 cm³/mol. The molecule has 4 atom stereocenters. The molecule has 1 aliphatic heterocycles. The minimum atomic E-state index is -0.134. The van der Waals surface area contributed by atoms with Crippen molar-refractivity contribution >= 4 is 29.1 Å². The van der Waals surface area contributed by atoms with Gasteiger partial charge in [0, 0.05) is 12.1 Å². The summed E-state index contributed by atoms with van der Waals surface area (Å²) in [5, 5.41) is 2.90. The van der Waals surface area contributed by atoms with E-state index in [9.17, 15) is 14.4 Å². The molecule has 0 unspecified atom stereocenters. The summed E-state index contributed by atoms with van der Waals surface area (Å²) in [6.45, 7) is 0. The van der Waals surface area contributed by atoms with Crippen LogP contribution in [0.1, 0.15) is 31.2 Å². The van der Waals surface area contributed by atoms with Crippen LogP contribution in [0.3, 0.4) is 0 Å².